The van der Waals surface area contributed by atoms with Gasteiger partial charge in [0.15, 0.2) is 5.96 Å². The number of ether oxygens (including phenoxy) is 1. The molecule has 0 spiro atoms. The normalized spacial score (nSPS) is 10.7. The lowest BCUT2D eigenvalue weighted by molar-refractivity contribution is 0.414. The van der Waals surface area contributed by atoms with Gasteiger partial charge in [0.05, 0.1) is 7.11 Å². The predicted octanol–water partition coefficient (Wildman–Crippen LogP) is 3.26. The highest BCUT2D eigenvalue weighted by molar-refractivity contribution is 14.0. The van der Waals surface area contributed by atoms with E-state index >= 15 is 0 Å². The van der Waals surface area contributed by atoms with Crippen molar-refractivity contribution >= 4 is 29.9 Å². The molecule has 0 amide bonds. The van der Waals surface area contributed by atoms with Crippen molar-refractivity contribution in [2.24, 2.45) is 4.99 Å². The van der Waals surface area contributed by atoms with Crippen LogP contribution in [0.25, 0.3) is 0 Å². The van der Waals surface area contributed by atoms with Crippen LogP contribution >= 0.6 is 24.0 Å². The summed E-state index contributed by atoms with van der Waals surface area (Å²) in [5.41, 5.74) is 2.60. The number of benzene rings is 2. The summed E-state index contributed by atoms with van der Waals surface area (Å²) in [4.78, 5) is 4.25. The molecule has 0 saturated heterocycles. The summed E-state index contributed by atoms with van der Waals surface area (Å²) in [7, 11) is 3.48. The Kier molecular flexibility index (Phi) is 9.91. The van der Waals surface area contributed by atoms with Gasteiger partial charge in [0, 0.05) is 20.1 Å². The number of methoxy groups -OCH3 is 1. The molecule has 0 radical (unpaired) electrons. The third-order valence-electron chi connectivity index (χ3n) is 3.64. The Balaban J connectivity index is 0.00000288. The Bertz CT molecular complexity index is 600. The van der Waals surface area contributed by atoms with Crippen molar-refractivity contribution in [1.29, 1.82) is 0 Å². The molecule has 2 aromatic carbocycles. The first-order valence-corrected chi connectivity index (χ1v) is 7.93. The maximum absolute atomic E-state index is 5.17. The third kappa shape index (κ3) is 7.21. The molecule has 0 heterocycles. The van der Waals surface area contributed by atoms with Crippen LogP contribution in [-0.4, -0.2) is 33.2 Å². The highest BCUT2D eigenvalue weighted by Gasteiger charge is 1.99. The summed E-state index contributed by atoms with van der Waals surface area (Å²) in [6, 6.07) is 18.6. The third-order valence-corrected chi connectivity index (χ3v) is 3.64. The molecule has 5 heteroatoms. The number of hydrogen-bond acceptors (Lipinski definition) is 2. The first kappa shape index (κ1) is 20.3. The van der Waals surface area contributed by atoms with Crippen LogP contribution in [-0.2, 0) is 12.8 Å². The highest BCUT2D eigenvalue weighted by Crippen LogP contribution is 2.11. The van der Waals surface area contributed by atoms with Gasteiger partial charge in [0.1, 0.15) is 5.75 Å². The van der Waals surface area contributed by atoms with Crippen LogP contribution in [0.5, 0.6) is 5.75 Å². The van der Waals surface area contributed by atoms with Gasteiger partial charge in [-0.3, -0.25) is 4.99 Å². The molecule has 0 atom stereocenters. The van der Waals surface area contributed by atoms with E-state index in [4.69, 9.17) is 4.74 Å². The molecular formula is C19H26IN3O. The monoisotopic (exact) mass is 439 g/mol. The largest absolute Gasteiger partial charge is 0.497 e. The van der Waals surface area contributed by atoms with Gasteiger partial charge in [-0.25, -0.2) is 0 Å². The van der Waals surface area contributed by atoms with E-state index in [9.17, 15) is 0 Å². The van der Waals surface area contributed by atoms with Crippen LogP contribution in [0.4, 0.5) is 0 Å². The molecule has 2 rings (SSSR count). The zero-order valence-corrected chi connectivity index (χ0v) is 16.6. The topological polar surface area (TPSA) is 45.7 Å². The van der Waals surface area contributed by atoms with Gasteiger partial charge in [0.2, 0.25) is 0 Å². The van der Waals surface area contributed by atoms with Crippen LogP contribution in [0.3, 0.4) is 0 Å². The first-order chi connectivity index (χ1) is 11.3. The van der Waals surface area contributed by atoms with E-state index in [2.05, 4.69) is 52.0 Å². The zero-order chi connectivity index (χ0) is 16.3. The second-order valence-electron chi connectivity index (χ2n) is 5.26. The standard InChI is InChI=1S/C19H25N3O.HI/c1-20-19(21-14-12-16-6-4-3-5-7-16)22-15-13-17-8-10-18(23-2)11-9-17;/h3-11H,12-15H2,1-2H3,(H2,20,21,22);1H. The fraction of sp³-hybridized carbons (Fsp3) is 0.316. The lowest BCUT2D eigenvalue weighted by Crippen LogP contribution is -2.39. The van der Waals surface area contributed by atoms with Gasteiger partial charge in [-0.05, 0) is 36.1 Å². The number of aliphatic imine (C=N–C) groups is 1. The second kappa shape index (κ2) is 11.7. The summed E-state index contributed by atoms with van der Waals surface area (Å²) >= 11 is 0. The summed E-state index contributed by atoms with van der Waals surface area (Å²) in [6.45, 7) is 1.71. The van der Waals surface area contributed by atoms with E-state index in [0.717, 1.165) is 37.6 Å². The number of guanidine groups is 1. The van der Waals surface area contributed by atoms with E-state index < -0.39 is 0 Å². The van der Waals surface area contributed by atoms with Gasteiger partial charge in [-0.2, -0.15) is 0 Å². The smallest absolute Gasteiger partial charge is 0.190 e. The van der Waals surface area contributed by atoms with Crippen LogP contribution in [0.1, 0.15) is 11.1 Å². The van der Waals surface area contributed by atoms with Crippen LogP contribution < -0.4 is 15.4 Å². The zero-order valence-electron chi connectivity index (χ0n) is 14.3. The average molecular weight is 439 g/mol. The summed E-state index contributed by atoms with van der Waals surface area (Å²) in [5.74, 6) is 1.73. The van der Waals surface area contributed by atoms with E-state index in [1.165, 1.54) is 11.1 Å². The minimum atomic E-state index is 0. The predicted molar refractivity (Wildman–Crippen MR) is 112 cm³/mol. The highest BCUT2D eigenvalue weighted by atomic mass is 127. The molecule has 4 nitrogen and oxygen atoms in total. The molecule has 130 valence electrons. The number of nitrogens with one attached hydrogen (secondary N) is 2. The molecule has 0 aliphatic heterocycles. The van der Waals surface area contributed by atoms with E-state index in [1.807, 2.05) is 18.2 Å². The maximum Gasteiger partial charge on any atom is 0.190 e. The Hall–Kier alpha value is -1.76. The van der Waals surface area contributed by atoms with Crippen LogP contribution in [0.2, 0.25) is 0 Å². The Morgan fingerprint density at radius 2 is 1.42 bits per heavy atom. The first-order valence-electron chi connectivity index (χ1n) is 7.93. The van der Waals surface area contributed by atoms with Gasteiger partial charge in [0.25, 0.3) is 0 Å². The Morgan fingerprint density at radius 1 is 0.875 bits per heavy atom. The number of halogens is 1. The molecule has 24 heavy (non-hydrogen) atoms. The Labute approximate surface area is 161 Å². The number of hydrogen-bond donors (Lipinski definition) is 2. The van der Waals surface area contributed by atoms with Crippen molar-refractivity contribution in [2.75, 3.05) is 27.2 Å². The fourth-order valence-corrected chi connectivity index (χ4v) is 2.31. The molecule has 0 bridgehead atoms. The van der Waals surface area contributed by atoms with Crippen molar-refractivity contribution in [3.05, 3.63) is 65.7 Å². The molecule has 0 unspecified atom stereocenters. The van der Waals surface area contributed by atoms with Crippen molar-refractivity contribution < 1.29 is 4.74 Å². The van der Waals surface area contributed by atoms with E-state index in [1.54, 1.807) is 14.2 Å². The SMILES string of the molecule is CN=C(NCCc1ccccc1)NCCc1ccc(OC)cc1.I. The summed E-state index contributed by atoms with van der Waals surface area (Å²) in [6.07, 6.45) is 1.93. The summed E-state index contributed by atoms with van der Waals surface area (Å²) < 4.78 is 5.17. The molecule has 0 aliphatic carbocycles. The van der Waals surface area contributed by atoms with E-state index in [0.29, 0.717) is 0 Å². The van der Waals surface area contributed by atoms with Gasteiger partial charge in [-0.15, -0.1) is 24.0 Å². The molecule has 0 saturated carbocycles. The lowest BCUT2D eigenvalue weighted by atomic mass is 10.1. The molecule has 2 N–H and O–H groups in total. The van der Waals surface area contributed by atoms with Crippen LogP contribution in [0, 0.1) is 0 Å². The minimum absolute atomic E-state index is 0. The molecular weight excluding hydrogens is 413 g/mol. The van der Waals surface area contributed by atoms with Crippen molar-refractivity contribution in [3.63, 3.8) is 0 Å². The van der Waals surface area contributed by atoms with E-state index in [-0.39, 0.29) is 24.0 Å². The minimum Gasteiger partial charge on any atom is -0.497 e. The van der Waals surface area contributed by atoms with Gasteiger partial charge >= 0.3 is 0 Å². The van der Waals surface area contributed by atoms with Gasteiger partial charge < -0.3 is 15.4 Å². The lowest BCUT2D eigenvalue weighted by Gasteiger charge is -2.12. The molecule has 0 aromatic heterocycles. The van der Waals surface area contributed by atoms with Crippen molar-refractivity contribution in [3.8, 4) is 5.75 Å². The fourth-order valence-electron chi connectivity index (χ4n) is 2.31. The molecule has 0 aliphatic rings. The number of nitrogens with zero attached hydrogens (tertiary/aromatic N) is 1. The van der Waals surface area contributed by atoms with Crippen LogP contribution in [0.15, 0.2) is 59.6 Å². The second-order valence-corrected chi connectivity index (χ2v) is 5.26. The molecule has 2 aromatic rings. The Morgan fingerprint density at radius 3 is 1.92 bits per heavy atom. The van der Waals surface area contributed by atoms with Crippen molar-refractivity contribution in [2.45, 2.75) is 12.8 Å². The molecule has 0 fully saturated rings. The maximum atomic E-state index is 5.17. The van der Waals surface area contributed by atoms with Crippen molar-refractivity contribution in [1.82, 2.24) is 10.6 Å². The summed E-state index contributed by atoms with van der Waals surface area (Å²) in [5, 5.41) is 6.68. The number of rotatable bonds is 7. The average Bonchev–Trinajstić information content (AvgIpc) is 2.62. The van der Waals surface area contributed by atoms with Gasteiger partial charge in [-0.1, -0.05) is 42.5 Å². The quantitative estimate of drug-likeness (QED) is 0.396.